The van der Waals surface area contributed by atoms with E-state index in [4.69, 9.17) is 0 Å². The molecule has 1 aliphatic rings. The quantitative estimate of drug-likeness (QED) is 0.677. The first-order chi connectivity index (χ1) is 12.4. The predicted molar refractivity (Wildman–Crippen MR) is 102 cm³/mol. The number of nitrogens with zero attached hydrogens (tertiary/aromatic N) is 1. The van der Waals surface area contributed by atoms with Crippen molar-refractivity contribution in [3.63, 3.8) is 0 Å². The summed E-state index contributed by atoms with van der Waals surface area (Å²) in [5, 5.41) is 5.42. The molecule has 1 fully saturated rings. The summed E-state index contributed by atoms with van der Waals surface area (Å²) in [6.45, 7) is 2.66. The number of carbonyl (C=O) groups excluding carboxylic acids is 2. The maximum absolute atomic E-state index is 12.2. The normalized spacial score (nSPS) is 15.4. The molecule has 144 valence electrons. The fraction of sp³-hybridized carbons (Fsp3) is 0.556. The van der Waals surface area contributed by atoms with Crippen LogP contribution in [0.5, 0.6) is 0 Å². The third-order valence-electron chi connectivity index (χ3n) is 4.23. The van der Waals surface area contributed by atoms with E-state index in [-0.39, 0.29) is 24.0 Å². The predicted octanol–water partition coefficient (Wildman–Crippen LogP) is 2.57. The zero-order valence-electron chi connectivity index (χ0n) is 15.2. The fourth-order valence-corrected chi connectivity index (χ4v) is 4.59. The van der Waals surface area contributed by atoms with Gasteiger partial charge in [0.1, 0.15) is 0 Å². The molecule has 2 rings (SSSR count). The van der Waals surface area contributed by atoms with Crippen molar-refractivity contribution >= 4 is 33.2 Å². The van der Waals surface area contributed by atoms with Gasteiger partial charge in [-0.1, -0.05) is 12.5 Å². The van der Waals surface area contributed by atoms with Gasteiger partial charge in [0.25, 0.3) is 0 Å². The van der Waals surface area contributed by atoms with Crippen LogP contribution in [-0.4, -0.2) is 43.4 Å². The fourth-order valence-electron chi connectivity index (χ4n) is 2.94. The van der Waals surface area contributed by atoms with Crippen LogP contribution in [-0.2, 0) is 19.6 Å². The van der Waals surface area contributed by atoms with Crippen LogP contribution in [0, 0.1) is 0 Å². The smallest absolute Gasteiger partial charge is 0.224 e. The van der Waals surface area contributed by atoms with Crippen molar-refractivity contribution in [1.29, 1.82) is 0 Å². The summed E-state index contributed by atoms with van der Waals surface area (Å²) in [6.07, 6.45) is 4.20. The zero-order valence-corrected chi connectivity index (χ0v) is 16.0. The van der Waals surface area contributed by atoms with Crippen LogP contribution >= 0.6 is 0 Å². The third kappa shape index (κ3) is 6.76. The van der Waals surface area contributed by atoms with Gasteiger partial charge in [0.2, 0.25) is 21.8 Å². The van der Waals surface area contributed by atoms with E-state index in [1.54, 1.807) is 28.6 Å². The van der Waals surface area contributed by atoms with E-state index in [1.165, 1.54) is 6.92 Å². The highest BCUT2D eigenvalue weighted by Crippen LogP contribution is 2.17. The van der Waals surface area contributed by atoms with Crippen molar-refractivity contribution < 1.29 is 18.0 Å². The summed E-state index contributed by atoms with van der Waals surface area (Å²) < 4.78 is 26.0. The Bertz CT molecular complexity index is 728. The number of unbranched alkanes of at least 4 members (excludes halogenated alkanes) is 1. The van der Waals surface area contributed by atoms with Crippen molar-refractivity contribution in [1.82, 2.24) is 4.31 Å². The van der Waals surface area contributed by atoms with Gasteiger partial charge in [-0.05, 0) is 43.9 Å². The van der Waals surface area contributed by atoms with Crippen LogP contribution in [0.1, 0.15) is 45.4 Å². The number of sulfonamides is 1. The maximum Gasteiger partial charge on any atom is 0.224 e. The molecule has 0 unspecified atom stereocenters. The number of piperidine rings is 1. The van der Waals surface area contributed by atoms with Crippen molar-refractivity contribution in [2.45, 2.75) is 45.4 Å². The molecular weight excluding hydrogens is 354 g/mol. The molecule has 8 heteroatoms. The average Bonchev–Trinajstić information content (AvgIpc) is 2.59. The van der Waals surface area contributed by atoms with Gasteiger partial charge in [0, 0.05) is 37.8 Å². The molecule has 2 amide bonds. The van der Waals surface area contributed by atoms with E-state index in [9.17, 15) is 18.0 Å². The van der Waals surface area contributed by atoms with Crippen molar-refractivity contribution in [3.05, 3.63) is 24.3 Å². The highest BCUT2D eigenvalue weighted by Gasteiger charge is 2.23. The van der Waals surface area contributed by atoms with Crippen LogP contribution in [0.4, 0.5) is 11.4 Å². The lowest BCUT2D eigenvalue weighted by molar-refractivity contribution is -0.116. The van der Waals surface area contributed by atoms with Gasteiger partial charge < -0.3 is 10.6 Å². The highest BCUT2D eigenvalue weighted by molar-refractivity contribution is 7.89. The Kier molecular flexibility index (Phi) is 7.59. The summed E-state index contributed by atoms with van der Waals surface area (Å²) in [4.78, 5) is 23.1. The molecule has 1 heterocycles. The van der Waals surface area contributed by atoms with Crippen LogP contribution in [0.25, 0.3) is 0 Å². The second-order valence-corrected chi connectivity index (χ2v) is 8.63. The minimum atomic E-state index is -3.20. The molecule has 0 radical (unpaired) electrons. The minimum Gasteiger partial charge on any atom is -0.326 e. The minimum absolute atomic E-state index is 0.0955. The summed E-state index contributed by atoms with van der Waals surface area (Å²) in [5.74, 6) is -0.248. The molecule has 0 aliphatic carbocycles. The molecule has 0 bridgehead atoms. The molecular formula is C18H27N3O4S. The molecule has 26 heavy (non-hydrogen) atoms. The Morgan fingerprint density at radius 3 is 2.35 bits per heavy atom. The third-order valence-corrected chi connectivity index (χ3v) is 6.19. The van der Waals surface area contributed by atoms with Crippen LogP contribution < -0.4 is 10.6 Å². The Morgan fingerprint density at radius 1 is 1.04 bits per heavy atom. The molecule has 0 spiro atoms. The molecule has 2 N–H and O–H groups in total. The first kappa shape index (κ1) is 20.4. The van der Waals surface area contributed by atoms with E-state index in [0.29, 0.717) is 37.3 Å². The Hall–Kier alpha value is -1.93. The average molecular weight is 381 g/mol. The standard InChI is InChI=1S/C18H27N3O4S/c1-15(22)19-16-8-7-9-17(14-16)20-18(23)10-3-6-13-26(24,25)21-11-4-2-5-12-21/h7-9,14H,2-6,10-13H2,1H3,(H,19,22)(H,20,23). The second kappa shape index (κ2) is 9.68. The Morgan fingerprint density at radius 2 is 1.69 bits per heavy atom. The van der Waals surface area contributed by atoms with Crippen molar-refractivity contribution in [2.24, 2.45) is 0 Å². The number of rotatable bonds is 8. The van der Waals surface area contributed by atoms with E-state index >= 15 is 0 Å². The lowest BCUT2D eigenvalue weighted by Crippen LogP contribution is -2.37. The van der Waals surface area contributed by atoms with Gasteiger partial charge in [-0.25, -0.2) is 12.7 Å². The highest BCUT2D eigenvalue weighted by atomic mass is 32.2. The number of amides is 2. The van der Waals surface area contributed by atoms with E-state index < -0.39 is 10.0 Å². The molecule has 0 saturated carbocycles. The van der Waals surface area contributed by atoms with Gasteiger partial charge in [-0.2, -0.15) is 0 Å². The largest absolute Gasteiger partial charge is 0.326 e. The number of carbonyl (C=O) groups is 2. The van der Waals surface area contributed by atoms with Gasteiger partial charge in [0.05, 0.1) is 5.75 Å². The molecule has 0 atom stereocenters. The Labute approximate surface area is 155 Å². The summed E-state index contributed by atoms with van der Waals surface area (Å²) in [6, 6.07) is 6.90. The summed E-state index contributed by atoms with van der Waals surface area (Å²) >= 11 is 0. The van der Waals surface area contributed by atoms with Crippen LogP contribution in [0.3, 0.4) is 0 Å². The monoisotopic (exact) mass is 381 g/mol. The van der Waals surface area contributed by atoms with Crippen molar-refractivity contribution in [2.75, 3.05) is 29.5 Å². The number of hydrogen-bond donors (Lipinski definition) is 2. The van der Waals surface area contributed by atoms with Crippen molar-refractivity contribution in [3.8, 4) is 0 Å². The van der Waals surface area contributed by atoms with Gasteiger partial charge in [-0.15, -0.1) is 0 Å². The lowest BCUT2D eigenvalue weighted by atomic mass is 10.2. The van der Waals surface area contributed by atoms with E-state index in [1.807, 2.05) is 0 Å². The van der Waals surface area contributed by atoms with Gasteiger partial charge in [0.15, 0.2) is 0 Å². The molecule has 1 saturated heterocycles. The van der Waals surface area contributed by atoms with Crippen LogP contribution in [0.2, 0.25) is 0 Å². The summed E-state index contributed by atoms with van der Waals surface area (Å²) in [7, 11) is -3.20. The number of anilines is 2. The van der Waals surface area contributed by atoms with Gasteiger partial charge >= 0.3 is 0 Å². The molecule has 0 aromatic heterocycles. The molecule has 1 aromatic rings. The number of hydrogen-bond acceptors (Lipinski definition) is 4. The zero-order chi connectivity index (χ0) is 19.0. The first-order valence-corrected chi connectivity index (χ1v) is 10.6. The SMILES string of the molecule is CC(=O)Nc1cccc(NC(=O)CCCCS(=O)(=O)N2CCCCC2)c1. The topological polar surface area (TPSA) is 95.6 Å². The first-order valence-electron chi connectivity index (χ1n) is 9.02. The second-order valence-electron chi connectivity index (χ2n) is 6.54. The van der Waals surface area contributed by atoms with Crippen LogP contribution in [0.15, 0.2) is 24.3 Å². The lowest BCUT2D eigenvalue weighted by Gasteiger charge is -2.25. The molecule has 1 aromatic carbocycles. The number of benzene rings is 1. The maximum atomic E-state index is 12.2. The van der Waals surface area contributed by atoms with E-state index in [2.05, 4.69) is 10.6 Å². The number of nitrogens with one attached hydrogen (secondary N) is 2. The molecule has 7 nitrogen and oxygen atoms in total. The summed E-state index contributed by atoms with van der Waals surface area (Å²) in [5.41, 5.74) is 1.21. The van der Waals surface area contributed by atoms with E-state index in [0.717, 1.165) is 19.3 Å². The Balaban J connectivity index is 1.72. The van der Waals surface area contributed by atoms with Gasteiger partial charge in [-0.3, -0.25) is 9.59 Å². The molecule has 1 aliphatic heterocycles.